The van der Waals surface area contributed by atoms with Gasteiger partial charge in [-0.05, 0) is 52.4 Å². The second-order valence-corrected chi connectivity index (χ2v) is 5.43. The molecule has 19 heavy (non-hydrogen) atoms. The Morgan fingerprint density at radius 2 is 1.79 bits per heavy atom. The topological polar surface area (TPSA) is 20.3 Å². The van der Waals surface area contributed by atoms with E-state index in [1.54, 1.807) is 24.1 Å². The predicted molar refractivity (Wildman–Crippen MR) is 81.4 cm³/mol. The third-order valence-electron chi connectivity index (χ3n) is 2.78. The van der Waals surface area contributed by atoms with Crippen LogP contribution in [0.2, 0.25) is 0 Å². The van der Waals surface area contributed by atoms with Crippen molar-refractivity contribution in [3.63, 3.8) is 0 Å². The first-order valence-electron chi connectivity index (χ1n) is 5.82. The number of amides is 1. The lowest BCUT2D eigenvalue weighted by Crippen LogP contribution is -2.26. The van der Waals surface area contributed by atoms with Crippen LogP contribution < -0.4 is 0 Å². The normalized spacial score (nSPS) is 10.3. The molecule has 0 fully saturated rings. The summed E-state index contributed by atoms with van der Waals surface area (Å²) in [7, 11) is 1.74. The molecule has 98 valence electrons. The first-order valence-corrected chi connectivity index (χ1v) is 6.90. The Morgan fingerprint density at radius 3 is 2.42 bits per heavy atom. The molecule has 0 saturated heterocycles. The Balaban J connectivity index is 2.12. The maximum Gasteiger partial charge on any atom is 0.254 e. The molecule has 2 aromatic rings. The van der Waals surface area contributed by atoms with Crippen LogP contribution in [0.25, 0.3) is 0 Å². The largest absolute Gasteiger partial charge is 0.337 e. The van der Waals surface area contributed by atoms with Crippen molar-refractivity contribution in [2.75, 3.05) is 7.05 Å². The molecule has 0 aliphatic rings. The van der Waals surface area contributed by atoms with Gasteiger partial charge in [0.1, 0.15) is 5.82 Å². The first kappa shape index (κ1) is 14.0. The summed E-state index contributed by atoms with van der Waals surface area (Å²) in [4.78, 5) is 13.9. The summed E-state index contributed by atoms with van der Waals surface area (Å²) in [6.45, 7) is 0.462. The molecule has 0 aliphatic carbocycles. The predicted octanol–water partition coefficient (Wildman–Crippen LogP) is 3.70. The molecule has 0 saturated carbocycles. The number of halogens is 2. The van der Waals surface area contributed by atoms with Gasteiger partial charge in [-0.1, -0.05) is 24.3 Å². The first-order chi connectivity index (χ1) is 9.08. The highest BCUT2D eigenvalue weighted by Gasteiger charge is 2.14. The molecule has 0 heterocycles. The van der Waals surface area contributed by atoms with Crippen LogP contribution >= 0.6 is 22.6 Å². The molecule has 4 heteroatoms. The molecule has 0 spiro atoms. The van der Waals surface area contributed by atoms with Crippen molar-refractivity contribution in [3.8, 4) is 0 Å². The summed E-state index contributed by atoms with van der Waals surface area (Å²) < 4.78 is 13.7. The third kappa shape index (κ3) is 3.53. The molecule has 0 aliphatic heterocycles. The summed E-state index contributed by atoms with van der Waals surface area (Å²) >= 11 is 2.15. The standard InChI is InChI=1S/C15H13FINO/c1-18(10-11-6-8-12(16)9-7-11)15(19)13-4-2-3-5-14(13)17/h2-9H,10H2,1H3. The van der Waals surface area contributed by atoms with E-state index in [0.29, 0.717) is 12.1 Å². The van der Waals surface area contributed by atoms with E-state index in [9.17, 15) is 9.18 Å². The van der Waals surface area contributed by atoms with E-state index in [4.69, 9.17) is 0 Å². The highest BCUT2D eigenvalue weighted by molar-refractivity contribution is 14.1. The Bertz CT molecular complexity index is 583. The molecule has 1 amide bonds. The van der Waals surface area contributed by atoms with Gasteiger partial charge in [-0.25, -0.2) is 4.39 Å². The Labute approximate surface area is 125 Å². The zero-order valence-electron chi connectivity index (χ0n) is 10.4. The summed E-state index contributed by atoms with van der Waals surface area (Å²) in [5, 5.41) is 0. The molecule has 2 aromatic carbocycles. The zero-order chi connectivity index (χ0) is 13.8. The molecule has 0 atom stereocenters. The van der Waals surface area contributed by atoms with E-state index >= 15 is 0 Å². The average molecular weight is 369 g/mol. The van der Waals surface area contributed by atoms with Crippen molar-refractivity contribution >= 4 is 28.5 Å². The molecule has 0 N–H and O–H groups in total. The van der Waals surface area contributed by atoms with E-state index in [1.807, 2.05) is 24.3 Å². The molecule has 2 nitrogen and oxygen atoms in total. The van der Waals surface area contributed by atoms with Crippen LogP contribution in [-0.4, -0.2) is 17.9 Å². The van der Waals surface area contributed by atoms with Gasteiger partial charge in [-0.2, -0.15) is 0 Å². The highest BCUT2D eigenvalue weighted by Crippen LogP contribution is 2.15. The van der Waals surface area contributed by atoms with E-state index in [-0.39, 0.29) is 11.7 Å². The van der Waals surface area contributed by atoms with Gasteiger partial charge in [0.2, 0.25) is 0 Å². The monoisotopic (exact) mass is 369 g/mol. The minimum Gasteiger partial charge on any atom is -0.337 e. The summed E-state index contributed by atoms with van der Waals surface area (Å²) in [5.41, 5.74) is 1.59. The lowest BCUT2D eigenvalue weighted by Gasteiger charge is -2.18. The van der Waals surface area contributed by atoms with Gasteiger partial charge >= 0.3 is 0 Å². The summed E-state index contributed by atoms with van der Waals surface area (Å²) in [6.07, 6.45) is 0. The minimum absolute atomic E-state index is 0.0330. The van der Waals surface area contributed by atoms with Crippen molar-refractivity contribution in [2.45, 2.75) is 6.54 Å². The van der Waals surface area contributed by atoms with Crippen LogP contribution in [0.3, 0.4) is 0 Å². The van der Waals surface area contributed by atoms with Gasteiger partial charge < -0.3 is 4.90 Å². The maximum atomic E-state index is 12.8. The number of carbonyl (C=O) groups is 1. The lowest BCUT2D eigenvalue weighted by molar-refractivity contribution is 0.0784. The van der Waals surface area contributed by atoms with Crippen LogP contribution in [0.15, 0.2) is 48.5 Å². The van der Waals surface area contributed by atoms with Crippen LogP contribution in [0, 0.1) is 9.39 Å². The maximum absolute atomic E-state index is 12.8. The van der Waals surface area contributed by atoms with Crippen molar-refractivity contribution < 1.29 is 9.18 Å². The fraction of sp³-hybridized carbons (Fsp3) is 0.133. The number of rotatable bonds is 3. The van der Waals surface area contributed by atoms with Crippen LogP contribution in [0.5, 0.6) is 0 Å². The van der Waals surface area contributed by atoms with E-state index in [2.05, 4.69) is 22.6 Å². The Hall–Kier alpha value is -1.43. The zero-order valence-corrected chi connectivity index (χ0v) is 12.6. The van der Waals surface area contributed by atoms with Crippen molar-refractivity contribution in [1.29, 1.82) is 0 Å². The average Bonchev–Trinajstić information content (AvgIpc) is 2.41. The fourth-order valence-electron chi connectivity index (χ4n) is 1.78. The van der Waals surface area contributed by atoms with Gasteiger partial charge in [0.25, 0.3) is 5.91 Å². The molecule has 2 rings (SSSR count). The number of nitrogens with zero attached hydrogens (tertiary/aromatic N) is 1. The quantitative estimate of drug-likeness (QED) is 0.756. The van der Waals surface area contributed by atoms with Crippen molar-refractivity contribution in [3.05, 3.63) is 69.0 Å². The number of hydrogen-bond donors (Lipinski definition) is 0. The molecule has 0 aromatic heterocycles. The van der Waals surface area contributed by atoms with Crippen molar-refractivity contribution in [1.82, 2.24) is 4.90 Å². The molecule has 0 unspecified atom stereocenters. The van der Waals surface area contributed by atoms with Crippen LogP contribution in [0.1, 0.15) is 15.9 Å². The number of carbonyl (C=O) groups excluding carboxylic acids is 1. The molecule has 0 bridgehead atoms. The number of hydrogen-bond acceptors (Lipinski definition) is 1. The SMILES string of the molecule is CN(Cc1ccc(F)cc1)C(=O)c1ccccc1I. The lowest BCUT2D eigenvalue weighted by atomic mass is 10.1. The smallest absolute Gasteiger partial charge is 0.254 e. The summed E-state index contributed by atoms with van der Waals surface area (Å²) in [5.74, 6) is -0.301. The Kier molecular flexibility index (Phi) is 4.52. The molecular formula is C15H13FINO. The van der Waals surface area contributed by atoms with E-state index in [0.717, 1.165) is 9.13 Å². The summed E-state index contributed by atoms with van der Waals surface area (Å²) in [6, 6.07) is 13.6. The van der Waals surface area contributed by atoms with Gasteiger partial charge in [-0.3, -0.25) is 4.79 Å². The van der Waals surface area contributed by atoms with E-state index in [1.165, 1.54) is 12.1 Å². The van der Waals surface area contributed by atoms with Crippen LogP contribution in [-0.2, 0) is 6.54 Å². The van der Waals surface area contributed by atoms with Crippen LogP contribution in [0.4, 0.5) is 4.39 Å². The van der Waals surface area contributed by atoms with E-state index < -0.39 is 0 Å². The van der Waals surface area contributed by atoms with Gasteiger partial charge in [0, 0.05) is 17.2 Å². The second-order valence-electron chi connectivity index (χ2n) is 4.27. The third-order valence-corrected chi connectivity index (χ3v) is 3.72. The van der Waals surface area contributed by atoms with Gasteiger partial charge in [0.15, 0.2) is 0 Å². The Morgan fingerprint density at radius 1 is 1.16 bits per heavy atom. The molecular weight excluding hydrogens is 356 g/mol. The number of benzene rings is 2. The van der Waals surface area contributed by atoms with Gasteiger partial charge in [-0.15, -0.1) is 0 Å². The minimum atomic E-state index is -0.268. The van der Waals surface area contributed by atoms with Crippen molar-refractivity contribution in [2.24, 2.45) is 0 Å². The fourth-order valence-corrected chi connectivity index (χ4v) is 2.39. The highest BCUT2D eigenvalue weighted by atomic mass is 127. The molecule has 0 radical (unpaired) electrons. The van der Waals surface area contributed by atoms with Gasteiger partial charge in [0.05, 0.1) is 5.56 Å². The second kappa shape index (κ2) is 6.14.